The van der Waals surface area contributed by atoms with Gasteiger partial charge in [-0.3, -0.25) is 4.79 Å². The normalized spacial score (nSPS) is 10.3. The zero-order chi connectivity index (χ0) is 13.0. The molecule has 6 heteroatoms. The van der Waals surface area contributed by atoms with Gasteiger partial charge in [-0.05, 0) is 18.2 Å². The molecule has 0 radical (unpaired) electrons. The van der Waals surface area contributed by atoms with Crippen LogP contribution >= 0.6 is 0 Å². The molecule has 0 aliphatic heterocycles. The largest absolute Gasteiger partial charge is 0.397 e. The standard InChI is InChI=1S/C12H14N4O2/c13-9-3-1-2-4-11(9)16-7-5-10(15-16)12(18)14-6-8-17/h1-5,7,17H,6,8,13H2,(H,14,18). The van der Waals surface area contributed by atoms with E-state index in [-0.39, 0.29) is 24.8 Å². The molecule has 1 heterocycles. The van der Waals surface area contributed by atoms with Crippen molar-refractivity contribution >= 4 is 11.6 Å². The SMILES string of the molecule is Nc1ccccc1-n1ccc(C(=O)NCCO)n1. The first kappa shape index (κ1) is 12.1. The van der Waals surface area contributed by atoms with E-state index < -0.39 is 0 Å². The summed E-state index contributed by atoms with van der Waals surface area (Å²) >= 11 is 0. The summed E-state index contributed by atoms with van der Waals surface area (Å²) < 4.78 is 1.54. The molecule has 94 valence electrons. The fourth-order valence-electron chi connectivity index (χ4n) is 1.54. The van der Waals surface area contributed by atoms with Crippen LogP contribution in [-0.2, 0) is 0 Å². The van der Waals surface area contributed by atoms with Crippen molar-refractivity contribution in [2.75, 3.05) is 18.9 Å². The number of aromatic nitrogens is 2. The van der Waals surface area contributed by atoms with Crippen LogP contribution in [0.25, 0.3) is 5.69 Å². The molecule has 4 N–H and O–H groups in total. The lowest BCUT2D eigenvalue weighted by Gasteiger charge is -2.04. The van der Waals surface area contributed by atoms with Crippen molar-refractivity contribution in [1.29, 1.82) is 0 Å². The molecule has 0 atom stereocenters. The first-order valence-corrected chi connectivity index (χ1v) is 5.52. The van der Waals surface area contributed by atoms with Gasteiger partial charge in [0, 0.05) is 12.7 Å². The van der Waals surface area contributed by atoms with Gasteiger partial charge in [-0.2, -0.15) is 5.10 Å². The predicted molar refractivity (Wildman–Crippen MR) is 67.4 cm³/mol. The number of benzene rings is 1. The Morgan fingerprint density at radius 3 is 2.89 bits per heavy atom. The minimum Gasteiger partial charge on any atom is -0.397 e. The number of para-hydroxylation sites is 2. The van der Waals surface area contributed by atoms with Crippen molar-refractivity contribution in [2.24, 2.45) is 0 Å². The first-order valence-electron chi connectivity index (χ1n) is 5.52. The minimum absolute atomic E-state index is 0.0991. The Bertz CT molecular complexity index is 551. The molecule has 0 aliphatic carbocycles. The Kier molecular flexibility index (Phi) is 3.59. The third-order valence-electron chi connectivity index (χ3n) is 2.40. The van der Waals surface area contributed by atoms with Crippen molar-refractivity contribution in [2.45, 2.75) is 0 Å². The quantitative estimate of drug-likeness (QED) is 0.671. The zero-order valence-corrected chi connectivity index (χ0v) is 9.71. The highest BCUT2D eigenvalue weighted by atomic mass is 16.3. The maximum Gasteiger partial charge on any atom is 0.271 e. The zero-order valence-electron chi connectivity index (χ0n) is 9.71. The van der Waals surface area contributed by atoms with E-state index in [1.54, 1.807) is 23.0 Å². The highest BCUT2D eigenvalue weighted by Gasteiger charge is 2.10. The molecule has 2 rings (SSSR count). The summed E-state index contributed by atoms with van der Waals surface area (Å²) in [5.41, 5.74) is 7.41. The van der Waals surface area contributed by atoms with Crippen LogP contribution in [0.4, 0.5) is 5.69 Å². The Balaban J connectivity index is 2.21. The van der Waals surface area contributed by atoms with Gasteiger partial charge in [0.25, 0.3) is 5.91 Å². The molecule has 0 fully saturated rings. The van der Waals surface area contributed by atoms with E-state index in [9.17, 15) is 4.79 Å². The number of nitrogens with one attached hydrogen (secondary N) is 1. The summed E-state index contributed by atoms with van der Waals surface area (Å²) in [7, 11) is 0. The maximum atomic E-state index is 11.6. The van der Waals surface area contributed by atoms with Gasteiger partial charge in [0.2, 0.25) is 0 Å². The van der Waals surface area contributed by atoms with Crippen molar-refractivity contribution in [3.63, 3.8) is 0 Å². The molecular formula is C12H14N4O2. The van der Waals surface area contributed by atoms with Crippen LogP contribution in [0.5, 0.6) is 0 Å². The Hall–Kier alpha value is -2.34. The van der Waals surface area contributed by atoms with Crippen molar-refractivity contribution in [3.8, 4) is 5.69 Å². The number of aliphatic hydroxyl groups excluding tert-OH is 1. The lowest BCUT2D eigenvalue weighted by atomic mass is 10.3. The number of hydrogen-bond acceptors (Lipinski definition) is 4. The molecule has 0 saturated carbocycles. The van der Waals surface area contributed by atoms with E-state index in [1.807, 2.05) is 18.2 Å². The molecule has 0 unspecified atom stereocenters. The van der Waals surface area contributed by atoms with Gasteiger partial charge in [0.05, 0.1) is 18.0 Å². The van der Waals surface area contributed by atoms with Gasteiger partial charge in [-0.25, -0.2) is 4.68 Å². The van der Waals surface area contributed by atoms with Crippen molar-refractivity contribution < 1.29 is 9.90 Å². The number of anilines is 1. The average molecular weight is 246 g/mol. The molecule has 1 amide bonds. The van der Waals surface area contributed by atoms with E-state index in [0.29, 0.717) is 5.69 Å². The van der Waals surface area contributed by atoms with E-state index in [1.165, 1.54) is 0 Å². The summed E-state index contributed by atoms with van der Waals surface area (Å²) in [5.74, 6) is -0.322. The summed E-state index contributed by atoms with van der Waals surface area (Å²) in [6.07, 6.45) is 1.67. The fraction of sp³-hybridized carbons (Fsp3) is 0.167. The van der Waals surface area contributed by atoms with Crippen molar-refractivity contribution in [1.82, 2.24) is 15.1 Å². The number of rotatable bonds is 4. The number of carbonyl (C=O) groups excluding carboxylic acids is 1. The van der Waals surface area contributed by atoms with Gasteiger partial charge in [-0.1, -0.05) is 12.1 Å². The van der Waals surface area contributed by atoms with E-state index in [4.69, 9.17) is 10.8 Å². The monoisotopic (exact) mass is 246 g/mol. The molecule has 1 aromatic carbocycles. The van der Waals surface area contributed by atoms with E-state index >= 15 is 0 Å². The van der Waals surface area contributed by atoms with Gasteiger partial charge in [-0.15, -0.1) is 0 Å². The molecule has 6 nitrogen and oxygen atoms in total. The van der Waals surface area contributed by atoms with Gasteiger partial charge >= 0.3 is 0 Å². The van der Waals surface area contributed by atoms with Gasteiger partial charge in [0.1, 0.15) is 0 Å². The van der Waals surface area contributed by atoms with Crippen LogP contribution in [0, 0.1) is 0 Å². The Labute approximate surface area is 104 Å². The first-order chi connectivity index (χ1) is 8.72. The molecule has 0 saturated heterocycles. The number of nitrogens with two attached hydrogens (primary N) is 1. The van der Waals surface area contributed by atoms with E-state index in [0.717, 1.165) is 5.69 Å². The third kappa shape index (κ3) is 2.49. The molecule has 0 spiro atoms. The highest BCUT2D eigenvalue weighted by molar-refractivity contribution is 5.92. The molecule has 0 bridgehead atoms. The van der Waals surface area contributed by atoms with Crippen molar-refractivity contribution in [3.05, 3.63) is 42.2 Å². The lowest BCUT2D eigenvalue weighted by Crippen LogP contribution is -2.26. The van der Waals surface area contributed by atoms with Gasteiger partial charge in [0.15, 0.2) is 5.69 Å². The molecular weight excluding hydrogens is 232 g/mol. The van der Waals surface area contributed by atoms with Crippen LogP contribution in [0.15, 0.2) is 36.5 Å². The van der Waals surface area contributed by atoms with E-state index in [2.05, 4.69) is 10.4 Å². The Morgan fingerprint density at radius 2 is 2.17 bits per heavy atom. The van der Waals surface area contributed by atoms with Gasteiger partial charge < -0.3 is 16.2 Å². The second kappa shape index (κ2) is 5.33. The van der Waals surface area contributed by atoms with Crippen LogP contribution in [0.1, 0.15) is 10.5 Å². The molecule has 1 aromatic heterocycles. The number of aliphatic hydroxyl groups is 1. The summed E-state index contributed by atoms with van der Waals surface area (Å²) in [6.45, 7) is 0.108. The summed E-state index contributed by atoms with van der Waals surface area (Å²) in [4.78, 5) is 11.6. The summed E-state index contributed by atoms with van der Waals surface area (Å²) in [5, 5.41) is 15.3. The molecule has 2 aromatic rings. The molecule has 0 aliphatic rings. The number of nitrogens with zero attached hydrogens (tertiary/aromatic N) is 2. The topological polar surface area (TPSA) is 93.2 Å². The second-order valence-electron chi connectivity index (χ2n) is 3.68. The Morgan fingerprint density at radius 1 is 1.39 bits per heavy atom. The number of amides is 1. The third-order valence-corrected chi connectivity index (χ3v) is 2.40. The molecule has 18 heavy (non-hydrogen) atoms. The van der Waals surface area contributed by atoms with Crippen LogP contribution in [0.3, 0.4) is 0 Å². The van der Waals surface area contributed by atoms with Crippen LogP contribution < -0.4 is 11.1 Å². The fourth-order valence-corrected chi connectivity index (χ4v) is 1.54. The smallest absolute Gasteiger partial charge is 0.271 e. The number of carbonyl (C=O) groups is 1. The van der Waals surface area contributed by atoms with Crippen LogP contribution in [-0.4, -0.2) is 33.9 Å². The number of nitrogen functional groups attached to an aromatic ring is 1. The lowest BCUT2D eigenvalue weighted by molar-refractivity contribution is 0.0939. The van der Waals surface area contributed by atoms with Crippen LogP contribution in [0.2, 0.25) is 0 Å². The second-order valence-corrected chi connectivity index (χ2v) is 3.68. The predicted octanol–water partition coefficient (Wildman–Crippen LogP) is 0.177. The minimum atomic E-state index is -0.322. The highest BCUT2D eigenvalue weighted by Crippen LogP contribution is 2.15. The average Bonchev–Trinajstić information content (AvgIpc) is 2.86. The summed E-state index contributed by atoms with van der Waals surface area (Å²) in [6, 6.07) is 8.86. The maximum absolute atomic E-state index is 11.6. The number of hydrogen-bond donors (Lipinski definition) is 3.